The molecule has 1 heterocycles. The first-order valence-electron chi connectivity index (χ1n) is 12.2. The maximum atomic E-state index is 13.8. The fourth-order valence-electron chi connectivity index (χ4n) is 4.73. The number of pyridine rings is 1. The first-order chi connectivity index (χ1) is 18.3. The zero-order valence-corrected chi connectivity index (χ0v) is 20.4. The average molecular weight is 514 g/mol. The van der Waals surface area contributed by atoms with Crippen molar-refractivity contribution in [1.82, 2.24) is 10.3 Å². The lowest BCUT2D eigenvalue weighted by Gasteiger charge is -2.38. The predicted molar refractivity (Wildman–Crippen MR) is 143 cm³/mol. The quantitative estimate of drug-likeness (QED) is 0.202. The molecule has 0 aliphatic carbocycles. The van der Waals surface area contributed by atoms with Gasteiger partial charge in [0.25, 0.3) is 0 Å². The maximum Gasteiger partial charge on any atom is 0.416 e. The van der Waals surface area contributed by atoms with Gasteiger partial charge in [-0.3, -0.25) is 10.3 Å². The fraction of sp³-hybridized carbons (Fsp3) is 0.129. The molecule has 0 saturated carbocycles. The number of fused-ring (bicyclic) bond motifs is 1. The van der Waals surface area contributed by atoms with Crippen LogP contribution >= 0.6 is 0 Å². The molecule has 5 aromatic rings. The monoisotopic (exact) mass is 513 g/mol. The molecule has 0 fully saturated rings. The summed E-state index contributed by atoms with van der Waals surface area (Å²) in [5.41, 5.74) is 0.245. The number of rotatable bonds is 8. The van der Waals surface area contributed by atoms with Crippen LogP contribution < -0.4 is 10.6 Å². The minimum absolute atomic E-state index is 0.239. The summed E-state index contributed by atoms with van der Waals surface area (Å²) in [5.74, 6) is 0. The molecule has 4 nitrogen and oxygen atoms in total. The largest absolute Gasteiger partial charge is 0.416 e. The molecule has 0 radical (unpaired) electrons. The van der Waals surface area contributed by atoms with Crippen molar-refractivity contribution in [3.05, 3.63) is 144 Å². The number of aromatic nitrogens is 1. The van der Waals surface area contributed by atoms with Gasteiger partial charge in [-0.25, -0.2) is 0 Å². The van der Waals surface area contributed by atoms with Gasteiger partial charge in [0.05, 0.1) is 16.8 Å². The Morgan fingerprint density at radius 2 is 1.42 bits per heavy atom. The van der Waals surface area contributed by atoms with E-state index in [9.17, 15) is 18.3 Å². The van der Waals surface area contributed by atoms with Crippen molar-refractivity contribution in [1.29, 1.82) is 0 Å². The SMILES string of the molecule is OC(Nc1ccc2ccccc2c1)NC(Cc1ccccc1)(c1cccc(C(F)(F)F)c1)c1ccccn1. The highest BCUT2D eigenvalue weighted by Crippen LogP contribution is 2.37. The number of hydrogen-bond donors (Lipinski definition) is 3. The van der Waals surface area contributed by atoms with Gasteiger partial charge in [-0.2, -0.15) is 13.2 Å². The highest BCUT2D eigenvalue weighted by Gasteiger charge is 2.40. The Labute approximate surface area is 218 Å². The van der Waals surface area contributed by atoms with Crippen LogP contribution in [0.5, 0.6) is 0 Å². The van der Waals surface area contributed by atoms with Gasteiger partial charge in [-0.1, -0.05) is 78.9 Å². The molecule has 5 rings (SSSR count). The van der Waals surface area contributed by atoms with Gasteiger partial charge in [0, 0.05) is 18.3 Å². The molecular formula is C31H26F3N3O. The van der Waals surface area contributed by atoms with Crippen molar-refractivity contribution in [2.24, 2.45) is 0 Å². The summed E-state index contributed by atoms with van der Waals surface area (Å²) in [4.78, 5) is 4.53. The molecule has 0 saturated heterocycles. The maximum absolute atomic E-state index is 13.8. The van der Waals surface area contributed by atoms with Crippen molar-refractivity contribution in [3.8, 4) is 0 Å². The zero-order valence-electron chi connectivity index (χ0n) is 20.4. The summed E-state index contributed by atoms with van der Waals surface area (Å²) < 4.78 is 41.3. The minimum Gasteiger partial charge on any atom is -0.361 e. The van der Waals surface area contributed by atoms with Crippen LogP contribution in [0.2, 0.25) is 0 Å². The first kappa shape index (κ1) is 25.4. The Morgan fingerprint density at radius 3 is 2.16 bits per heavy atom. The van der Waals surface area contributed by atoms with Gasteiger partial charge >= 0.3 is 6.18 Å². The molecule has 4 aromatic carbocycles. The minimum atomic E-state index is -4.53. The normalized spacial score (nSPS) is 14.1. The Bertz CT molecular complexity index is 1510. The molecule has 0 aliphatic heterocycles. The second-order valence-corrected chi connectivity index (χ2v) is 9.11. The molecule has 0 amide bonds. The lowest BCUT2D eigenvalue weighted by molar-refractivity contribution is -0.137. The summed E-state index contributed by atoms with van der Waals surface area (Å²) >= 11 is 0. The van der Waals surface area contributed by atoms with E-state index in [1.165, 1.54) is 6.07 Å². The van der Waals surface area contributed by atoms with Crippen LogP contribution in [0.3, 0.4) is 0 Å². The van der Waals surface area contributed by atoms with Crippen molar-refractivity contribution >= 4 is 16.5 Å². The van der Waals surface area contributed by atoms with Crippen LogP contribution in [0.1, 0.15) is 22.4 Å². The second kappa shape index (κ2) is 10.7. The number of nitrogens with zero attached hydrogens (tertiary/aromatic N) is 1. The summed E-state index contributed by atoms with van der Waals surface area (Å²) in [6.07, 6.45) is -4.02. The lowest BCUT2D eigenvalue weighted by Crippen LogP contribution is -2.53. The van der Waals surface area contributed by atoms with E-state index in [1.807, 2.05) is 72.8 Å². The van der Waals surface area contributed by atoms with Crippen LogP contribution in [0.25, 0.3) is 10.8 Å². The molecule has 0 aliphatic rings. The van der Waals surface area contributed by atoms with Gasteiger partial charge < -0.3 is 10.4 Å². The van der Waals surface area contributed by atoms with E-state index >= 15 is 0 Å². The van der Waals surface area contributed by atoms with Crippen LogP contribution in [-0.4, -0.2) is 16.4 Å². The predicted octanol–water partition coefficient (Wildman–Crippen LogP) is 6.72. The third-order valence-electron chi connectivity index (χ3n) is 6.53. The number of hydrogen-bond acceptors (Lipinski definition) is 4. The van der Waals surface area contributed by atoms with E-state index in [1.54, 1.807) is 30.5 Å². The zero-order chi connectivity index (χ0) is 26.6. The summed E-state index contributed by atoms with van der Waals surface area (Å²) in [5, 5.41) is 19.6. The van der Waals surface area contributed by atoms with Crippen LogP contribution in [0, 0.1) is 0 Å². The van der Waals surface area contributed by atoms with Gasteiger partial charge in [0.1, 0.15) is 0 Å². The van der Waals surface area contributed by atoms with Gasteiger partial charge in [0.15, 0.2) is 6.35 Å². The van der Waals surface area contributed by atoms with Crippen molar-refractivity contribution < 1.29 is 18.3 Å². The van der Waals surface area contributed by atoms with E-state index < -0.39 is 23.6 Å². The Balaban J connectivity index is 1.59. The van der Waals surface area contributed by atoms with E-state index in [-0.39, 0.29) is 6.42 Å². The number of benzene rings is 4. The molecule has 1 aromatic heterocycles. The average Bonchev–Trinajstić information content (AvgIpc) is 2.93. The molecule has 3 N–H and O–H groups in total. The number of anilines is 1. The van der Waals surface area contributed by atoms with Gasteiger partial charge in [-0.15, -0.1) is 0 Å². The van der Waals surface area contributed by atoms with E-state index in [0.717, 1.165) is 28.5 Å². The first-order valence-corrected chi connectivity index (χ1v) is 12.2. The van der Waals surface area contributed by atoms with Crippen molar-refractivity contribution in [2.75, 3.05) is 5.32 Å². The summed E-state index contributed by atoms with van der Waals surface area (Å²) in [7, 11) is 0. The van der Waals surface area contributed by atoms with Crippen LogP contribution in [-0.2, 0) is 18.1 Å². The van der Waals surface area contributed by atoms with E-state index in [0.29, 0.717) is 16.9 Å². The number of nitrogens with one attached hydrogen (secondary N) is 2. The highest BCUT2D eigenvalue weighted by atomic mass is 19.4. The third-order valence-corrected chi connectivity index (χ3v) is 6.53. The smallest absolute Gasteiger partial charge is 0.361 e. The Hall–Kier alpha value is -4.20. The highest BCUT2D eigenvalue weighted by molar-refractivity contribution is 5.85. The molecule has 7 heteroatoms. The molecule has 0 spiro atoms. The Kier molecular flexibility index (Phi) is 7.13. The lowest BCUT2D eigenvalue weighted by atomic mass is 9.80. The Morgan fingerprint density at radius 1 is 0.711 bits per heavy atom. The van der Waals surface area contributed by atoms with Crippen LogP contribution in [0.15, 0.2) is 121 Å². The summed E-state index contributed by atoms with van der Waals surface area (Å²) in [6, 6.07) is 33.4. The van der Waals surface area contributed by atoms with Crippen molar-refractivity contribution in [3.63, 3.8) is 0 Å². The third kappa shape index (κ3) is 5.54. The standard InChI is InChI=1S/C31H26F3N3O/c32-31(33,34)26-14-8-13-25(20-26)30(28-15-6-7-18-35-28,21-22-9-2-1-3-10-22)37-29(38)36-27-17-16-23-11-4-5-12-24(23)19-27/h1-20,29,36-38H,21H2. The fourth-order valence-corrected chi connectivity index (χ4v) is 4.73. The van der Waals surface area contributed by atoms with Gasteiger partial charge in [-0.05, 0) is 58.3 Å². The topological polar surface area (TPSA) is 57.2 Å². The molecule has 2 atom stereocenters. The second-order valence-electron chi connectivity index (χ2n) is 9.11. The number of alkyl halides is 3. The van der Waals surface area contributed by atoms with E-state index in [4.69, 9.17) is 0 Å². The number of aliphatic hydroxyl groups is 1. The van der Waals surface area contributed by atoms with Gasteiger partial charge in [0.2, 0.25) is 0 Å². The molecule has 192 valence electrons. The summed E-state index contributed by atoms with van der Waals surface area (Å²) in [6.45, 7) is 0. The number of halogens is 3. The molecule has 0 bridgehead atoms. The molecule has 38 heavy (non-hydrogen) atoms. The van der Waals surface area contributed by atoms with Crippen molar-refractivity contribution in [2.45, 2.75) is 24.5 Å². The van der Waals surface area contributed by atoms with Crippen LogP contribution in [0.4, 0.5) is 18.9 Å². The molecular weight excluding hydrogens is 487 g/mol. The number of aliphatic hydroxyl groups excluding tert-OH is 1. The molecule has 2 unspecified atom stereocenters. The van der Waals surface area contributed by atoms with E-state index in [2.05, 4.69) is 15.6 Å².